The maximum absolute atomic E-state index is 11.9. The molecule has 0 bridgehead atoms. The highest BCUT2D eigenvalue weighted by atomic mass is 16.6. The van der Waals surface area contributed by atoms with Crippen molar-refractivity contribution in [3.63, 3.8) is 0 Å². The molecule has 0 aliphatic carbocycles. The second-order valence-corrected chi connectivity index (χ2v) is 5.75. The molecule has 114 valence electrons. The number of fused-ring (bicyclic) bond motifs is 1. The molecule has 0 N–H and O–H groups in total. The molecule has 1 fully saturated rings. The van der Waals surface area contributed by atoms with Crippen molar-refractivity contribution >= 4 is 6.09 Å². The van der Waals surface area contributed by atoms with Crippen LogP contribution in [0.15, 0.2) is 12.5 Å². The van der Waals surface area contributed by atoms with Crippen molar-refractivity contribution in [2.45, 2.75) is 44.6 Å². The Bertz CT molecular complexity index is 486. The lowest BCUT2D eigenvalue weighted by Crippen LogP contribution is -2.49. The number of nitrogens with zero attached hydrogens (tertiary/aromatic N) is 3. The number of likely N-dealkylation sites (tertiary alicyclic amines) is 1. The van der Waals surface area contributed by atoms with E-state index in [9.17, 15) is 4.79 Å². The van der Waals surface area contributed by atoms with Crippen molar-refractivity contribution in [3.8, 4) is 5.75 Å². The molecule has 1 aromatic rings. The molecule has 21 heavy (non-hydrogen) atoms. The second kappa shape index (κ2) is 5.87. The molecular weight excluding hydrogens is 270 g/mol. The number of carbonyl (C=O) groups excluding carboxylic acids is 1. The summed E-state index contributed by atoms with van der Waals surface area (Å²) < 4.78 is 11.3. The SMILES string of the molecule is CCCCOC(=O)N1CCC2(CC1)Cc1ncncc1O2. The zero-order valence-electron chi connectivity index (χ0n) is 12.4. The number of unbranched alkanes of at least 4 members (excludes halogenated alkanes) is 1. The van der Waals surface area contributed by atoms with Crippen molar-refractivity contribution in [2.75, 3.05) is 19.7 Å². The van der Waals surface area contributed by atoms with E-state index < -0.39 is 0 Å². The zero-order chi connectivity index (χ0) is 14.7. The number of amides is 1. The molecule has 0 atom stereocenters. The normalized spacial score (nSPS) is 19.2. The summed E-state index contributed by atoms with van der Waals surface area (Å²) in [6.45, 7) is 3.93. The van der Waals surface area contributed by atoms with Crippen molar-refractivity contribution < 1.29 is 14.3 Å². The topological polar surface area (TPSA) is 64.5 Å². The molecule has 1 saturated heterocycles. The molecule has 2 aliphatic heterocycles. The highest BCUT2D eigenvalue weighted by molar-refractivity contribution is 5.67. The van der Waals surface area contributed by atoms with E-state index in [1.807, 2.05) is 0 Å². The minimum atomic E-state index is -0.210. The minimum Gasteiger partial charge on any atom is -0.483 e. The Morgan fingerprint density at radius 2 is 2.29 bits per heavy atom. The summed E-state index contributed by atoms with van der Waals surface area (Å²) in [6, 6.07) is 0. The van der Waals surface area contributed by atoms with Gasteiger partial charge in [0.05, 0.1) is 18.5 Å². The molecule has 6 nitrogen and oxygen atoms in total. The van der Waals surface area contributed by atoms with Gasteiger partial charge in [0.25, 0.3) is 0 Å². The lowest BCUT2D eigenvalue weighted by Gasteiger charge is -2.37. The monoisotopic (exact) mass is 291 g/mol. The van der Waals surface area contributed by atoms with Crippen molar-refractivity contribution in [2.24, 2.45) is 0 Å². The number of aromatic nitrogens is 2. The number of carbonyl (C=O) groups is 1. The first kappa shape index (κ1) is 14.1. The summed E-state index contributed by atoms with van der Waals surface area (Å²) in [6.07, 6.45) is 7.46. The molecule has 1 amide bonds. The summed E-state index contributed by atoms with van der Waals surface area (Å²) in [4.78, 5) is 22.0. The second-order valence-electron chi connectivity index (χ2n) is 5.75. The van der Waals surface area contributed by atoms with E-state index in [-0.39, 0.29) is 11.7 Å². The first-order chi connectivity index (χ1) is 10.2. The van der Waals surface area contributed by atoms with Crippen molar-refractivity contribution in [1.82, 2.24) is 14.9 Å². The van der Waals surface area contributed by atoms with Crippen LogP contribution in [0.1, 0.15) is 38.3 Å². The Morgan fingerprint density at radius 3 is 3.00 bits per heavy atom. The van der Waals surface area contributed by atoms with E-state index in [1.165, 1.54) is 0 Å². The van der Waals surface area contributed by atoms with Crippen LogP contribution >= 0.6 is 0 Å². The van der Waals surface area contributed by atoms with E-state index >= 15 is 0 Å². The summed E-state index contributed by atoms with van der Waals surface area (Å²) in [7, 11) is 0. The van der Waals surface area contributed by atoms with Gasteiger partial charge in [0.2, 0.25) is 0 Å². The van der Waals surface area contributed by atoms with Crippen LogP contribution in [-0.4, -0.2) is 46.3 Å². The molecule has 6 heteroatoms. The predicted octanol–water partition coefficient (Wildman–Crippen LogP) is 2.18. The Labute approximate surface area is 124 Å². The van der Waals surface area contributed by atoms with Gasteiger partial charge in [0.1, 0.15) is 11.9 Å². The summed E-state index contributed by atoms with van der Waals surface area (Å²) in [5, 5.41) is 0. The van der Waals surface area contributed by atoms with Gasteiger partial charge in [-0.25, -0.2) is 14.8 Å². The van der Waals surface area contributed by atoms with Gasteiger partial charge in [0.15, 0.2) is 5.75 Å². The van der Waals surface area contributed by atoms with Crippen LogP contribution in [0.3, 0.4) is 0 Å². The Morgan fingerprint density at radius 1 is 1.48 bits per heavy atom. The number of piperidine rings is 1. The van der Waals surface area contributed by atoms with E-state index in [4.69, 9.17) is 9.47 Å². The highest BCUT2D eigenvalue weighted by Crippen LogP contribution is 2.39. The van der Waals surface area contributed by atoms with E-state index in [2.05, 4.69) is 16.9 Å². The van der Waals surface area contributed by atoms with Gasteiger partial charge < -0.3 is 14.4 Å². The van der Waals surface area contributed by atoms with Gasteiger partial charge >= 0.3 is 6.09 Å². The fourth-order valence-corrected chi connectivity index (χ4v) is 2.91. The van der Waals surface area contributed by atoms with Gasteiger partial charge in [0, 0.05) is 32.4 Å². The van der Waals surface area contributed by atoms with Crippen molar-refractivity contribution in [3.05, 3.63) is 18.2 Å². The molecule has 0 radical (unpaired) electrons. The molecule has 1 spiro atoms. The van der Waals surface area contributed by atoms with Crippen molar-refractivity contribution in [1.29, 1.82) is 0 Å². The third kappa shape index (κ3) is 2.94. The van der Waals surface area contributed by atoms with Gasteiger partial charge in [-0.2, -0.15) is 0 Å². The first-order valence-corrected chi connectivity index (χ1v) is 7.62. The molecule has 0 unspecified atom stereocenters. The van der Waals surface area contributed by atoms with Crippen LogP contribution in [0.4, 0.5) is 4.79 Å². The summed E-state index contributed by atoms with van der Waals surface area (Å²) >= 11 is 0. The Balaban J connectivity index is 1.53. The number of ether oxygens (including phenoxy) is 2. The van der Waals surface area contributed by atoms with Gasteiger partial charge in [-0.15, -0.1) is 0 Å². The summed E-state index contributed by atoms with van der Waals surface area (Å²) in [5.74, 6) is 0.788. The lowest BCUT2D eigenvalue weighted by molar-refractivity contribution is 0.0150. The maximum atomic E-state index is 11.9. The van der Waals surface area contributed by atoms with Gasteiger partial charge in [-0.05, 0) is 6.42 Å². The molecule has 0 aromatic carbocycles. The molecule has 0 saturated carbocycles. The molecule has 1 aromatic heterocycles. The van der Waals surface area contributed by atoms with Gasteiger partial charge in [-0.3, -0.25) is 0 Å². The molecule has 2 aliphatic rings. The van der Waals surface area contributed by atoms with Crippen LogP contribution in [0.5, 0.6) is 5.75 Å². The summed E-state index contributed by atoms with van der Waals surface area (Å²) in [5.41, 5.74) is 0.766. The first-order valence-electron chi connectivity index (χ1n) is 7.62. The number of hydrogen-bond donors (Lipinski definition) is 0. The zero-order valence-corrected chi connectivity index (χ0v) is 12.4. The quantitative estimate of drug-likeness (QED) is 0.799. The smallest absolute Gasteiger partial charge is 0.409 e. The molecular formula is C15H21N3O3. The van der Waals surface area contributed by atoms with Crippen LogP contribution in [0, 0.1) is 0 Å². The largest absolute Gasteiger partial charge is 0.483 e. The van der Waals surface area contributed by atoms with E-state index in [0.29, 0.717) is 19.7 Å². The average Bonchev–Trinajstić information content (AvgIpc) is 2.85. The lowest BCUT2D eigenvalue weighted by atomic mass is 9.88. The predicted molar refractivity (Wildman–Crippen MR) is 76.2 cm³/mol. The fraction of sp³-hybridized carbons (Fsp3) is 0.667. The van der Waals surface area contributed by atoms with Crippen LogP contribution in [0.25, 0.3) is 0 Å². The fourth-order valence-electron chi connectivity index (χ4n) is 2.91. The molecule has 3 heterocycles. The van der Waals surface area contributed by atoms with Crippen LogP contribution in [0.2, 0.25) is 0 Å². The van der Waals surface area contributed by atoms with E-state index in [1.54, 1.807) is 17.4 Å². The van der Waals surface area contributed by atoms with Crippen LogP contribution < -0.4 is 4.74 Å². The molecule has 3 rings (SSSR count). The third-order valence-corrected chi connectivity index (χ3v) is 4.23. The highest BCUT2D eigenvalue weighted by Gasteiger charge is 2.43. The Kier molecular flexibility index (Phi) is 3.94. The third-order valence-electron chi connectivity index (χ3n) is 4.23. The maximum Gasteiger partial charge on any atom is 0.409 e. The number of hydrogen-bond acceptors (Lipinski definition) is 5. The number of rotatable bonds is 3. The standard InChI is InChI=1S/C15H21N3O3/c1-2-3-8-20-14(19)18-6-4-15(5-7-18)9-12-13(21-15)10-16-11-17-12/h10-11H,2-9H2,1H3. The van der Waals surface area contributed by atoms with E-state index in [0.717, 1.165) is 43.5 Å². The van der Waals surface area contributed by atoms with Crippen LogP contribution in [-0.2, 0) is 11.2 Å². The average molecular weight is 291 g/mol. The Hall–Kier alpha value is -1.85. The van der Waals surface area contributed by atoms with Gasteiger partial charge in [-0.1, -0.05) is 13.3 Å². The minimum absolute atomic E-state index is 0.200.